The van der Waals surface area contributed by atoms with Crippen molar-refractivity contribution in [1.29, 1.82) is 0 Å². The predicted octanol–water partition coefficient (Wildman–Crippen LogP) is 2.34. The second kappa shape index (κ2) is 5.72. The van der Waals surface area contributed by atoms with Crippen LogP contribution in [0.4, 0.5) is 0 Å². The first-order chi connectivity index (χ1) is 8.35. The first kappa shape index (κ1) is 15.0. The zero-order valence-electron chi connectivity index (χ0n) is 12.1. The molecule has 3 heteroatoms. The van der Waals surface area contributed by atoms with E-state index in [1.54, 1.807) is 7.11 Å². The molecule has 0 saturated heterocycles. The fourth-order valence-electron chi connectivity index (χ4n) is 2.19. The summed E-state index contributed by atoms with van der Waals surface area (Å²) in [7, 11) is 1.69. The van der Waals surface area contributed by atoms with Gasteiger partial charge < -0.3 is 15.6 Å². The van der Waals surface area contributed by atoms with E-state index in [2.05, 4.69) is 26.8 Å². The molecule has 0 radical (unpaired) electrons. The Morgan fingerprint density at radius 1 is 1.33 bits per heavy atom. The second-order valence-electron chi connectivity index (χ2n) is 5.77. The maximum Gasteiger partial charge on any atom is 0.122 e. The number of benzene rings is 1. The lowest BCUT2D eigenvalue weighted by Gasteiger charge is -2.26. The average molecular weight is 251 g/mol. The Labute approximate surface area is 110 Å². The fourth-order valence-corrected chi connectivity index (χ4v) is 2.19. The molecule has 0 aromatic heterocycles. The van der Waals surface area contributed by atoms with Gasteiger partial charge in [-0.05, 0) is 35.1 Å². The number of ether oxygens (including phenoxy) is 1. The van der Waals surface area contributed by atoms with Gasteiger partial charge in [-0.1, -0.05) is 26.8 Å². The monoisotopic (exact) mass is 251 g/mol. The second-order valence-corrected chi connectivity index (χ2v) is 5.77. The van der Waals surface area contributed by atoms with Crippen LogP contribution in [0.2, 0.25) is 0 Å². The van der Waals surface area contributed by atoms with Gasteiger partial charge in [0.1, 0.15) is 5.75 Å². The van der Waals surface area contributed by atoms with Crippen molar-refractivity contribution in [1.82, 2.24) is 0 Å². The minimum atomic E-state index is -0.00277. The summed E-state index contributed by atoms with van der Waals surface area (Å²) in [6, 6.07) is 4.16. The van der Waals surface area contributed by atoms with Crippen LogP contribution in [0.15, 0.2) is 12.1 Å². The molecule has 3 N–H and O–H groups in total. The number of rotatable bonds is 4. The van der Waals surface area contributed by atoms with Gasteiger partial charge in [0, 0.05) is 12.5 Å². The lowest BCUT2D eigenvalue weighted by molar-refractivity contribution is 0.267. The van der Waals surface area contributed by atoms with Gasteiger partial charge in [0.2, 0.25) is 0 Å². The molecule has 0 aliphatic heterocycles. The van der Waals surface area contributed by atoms with E-state index in [0.29, 0.717) is 6.54 Å². The number of hydrogen-bond acceptors (Lipinski definition) is 3. The topological polar surface area (TPSA) is 55.5 Å². The Balaban J connectivity index is 3.38. The molecule has 1 rings (SSSR count). The first-order valence-electron chi connectivity index (χ1n) is 6.35. The Bertz CT molecular complexity index is 404. The van der Waals surface area contributed by atoms with Gasteiger partial charge in [-0.3, -0.25) is 0 Å². The molecule has 1 aromatic rings. The molecule has 18 heavy (non-hydrogen) atoms. The van der Waals surface area contributed by atoms with E-state index in [1.165, 1.54) is 0 Å². The van der Waals surface area contributed by atoms with E-state index in [4.69, 9.17) is 10.5 Å². The van der Waals surface area contributed by atoms with E-state index in [9.17, 15) is 5.11 Å². The number of methoxy groups -OCH3 is 1. The van der Waals surface area contributed by atoms with E-state index in [0.717, 1.165) is 22.4 Å². The van der Waals surface area contributed by atoms with Crippen LogP contribution in [0, 0.1) is 6.92 Å². The van der Waals surface area contributed by atoms with Crippen molar-refractivity contribution in [3.63, 3.8) is 0 Å². The predicted molar refractivity (Wildman–Crippen MR) is 75.3 cm³/mol. The van der Waals surface area contributed by atoms with Crippen LogP contribution in [0.5, 0.6) is 5.75 Å². The van der Waals surface area contributed by atoms with Crippen molar-refractivity contribution < 1.29 is 9.84 Å². The quantitative estimate of drug-likeness (QED) is 0.863. The minimum Gasteiger partial charge on any atom is -0.496 e. The normalized spacial score (nSPS) is 13.5. The van der Waals surface area contributed by atoms with Crippen LogP contribution in [-0.4, -0.2) is 25.4 Å². The minimum absolute atomic E-state index is 0.00238. The Kier molecular flexibility index (Phi) is 4.77. The summed E-state index contributed by atoms with van der Waals surface area (Å²) in [5.74, 6) is 0.898. The van der Waals surface area contributed by atoms with Crippen LogP contribution >= 0.6 is 0 Å². The molecule has 0 aliphatic carbocycles. The molecule has 0 amide bonds. The maximum absolute atomic E-state index is 9.41. The SMILES string of the molecule is COc1cc(C)c(C(CN)CO)cc1C(C)(C)C. The van der Waals surface area contributed by atoms with Gasteiger partial charge in [-0.15, -0.1) is 0 Å². The average Bonchev–Trinajstić information content (AvgIpc) is 2.30. The van der Waals surface area contributed by atoms with Crippen LogP contribution in [0.1, 0.15) is 43.4 Å². The third kappa shape index (κ3) is 3.03. The van der Waals surface area contributed by atoms with E-state index in [-0.39, 0.29) is 17.9 Å². The molecule has 0 aliphatic rings. The lowest BCUT2D eigenvalue weighted by Crippen LogP contribution is -2.19. The zero-order valence-corrected chi connectivity index (χ0v) is 12.1. The fraction of sp³-hybridized carbons (Fsp3) is 0.600. The van der Waals surface area contributed by atoms with Crippen molar-refractivity contribution in [2.45, 2.75) is 39.0 Å². The molecule has 0 spiro atoms. The summed E-state index contributed by atoms with van der Waals surface area (Å²) in [5, 5.41) is 9.41. The first-order valence-corrected chi connectivity index (χ1v) is 6.35. The molecule has 1 unspecified atom stereocenters. The van der Waals surface area contributed by atoms with Crippen LogP contribution in [0.3, 0.4) is 0 Å². The van der Waals surface area contributed by atoms with Gasteiger partial charge in [0.05, 0.1) is 13.7 Å². The summed E-state index contributed by atoms with van der Waals surface area (Å²) >= 11 is 0. The molecule has 3 nitrogen and oxygen atoms in total. The highest BCUT2D eigenvalue weighted by atomic mass is 16.5. The molecule has 0 saturated carbocycles. The number of hydrogen-bond donors (Lipinski definition) is 2. The number of aliphatic hydroxyl groups excluding tert-OH is 1. The highest BCUT2D eigenvalue weighted by Crippen LogP contribution is 2.35. The molecule has 0 bridgehead atoms. The molecule has 0 heterocycles. The lowest BCUT2D eigenvalue weighted by atomic mass is 9.82. The van der Waals surface area contributed by atoms with E-state index < -0.39 is 0 Å². The number of aliphatic hydroxyl groups is 1. The van der Waals surface area contributed by atoms with Gasteiger partial charge in [-0.25, -0.2) is 0 Å². The van der Waals surface area contributed by atoms with Crippen molar-refractivity contribution in [3.05, 3.63) is 28.8 Å². The van der Waals surface area contributed by atoms with Crippen LogP contribution < -0.4 is 10.5 Å². The van der Waals surface area contributed by atoms with E-state index in [1.807, 2.05) is 13.0 Å². The van der Waals surface area contributed by atoms with Gasteiger partial charge in [-0.2, -0.15) is 0 Å². The summed E-state index contributed by atoms with van der Waals surface area (Å²) in [5.41, 5.74) is 9.11. The smallest absolute Gasteiger partial charge is 0.122 e. The zero-order chi connectivity index (χ0) is 13.9. The molecule has 0 fully saturated rings. The van der Waals surface area contributed by atoms with Crippen molar-refractivity contribution in [3.8, 4) is 5.75 Å². The summed E-state index contributed by atoms with van der Waals surface area (Å²) < 4.78 is 5.46. The Morgan fingerprint density at radius 2 is 1.94 bits per heavy atom. The Morgan fingerprint density at radius 3 is 2.33 bits per heavy atom. The summed E-state index contributed by atoms with van der Waals surface area (Å²) in [4.78, 5) is 0. The third-order valence-electron chi connectivity index (χ3n) is 3.34. The summed E-state index contributed by atoms with van der Waals surface area (Å²) in [6.07, 6.45) is 0. The van der Waals surface area contributed by atoms with E-state index >= 15 is 0 Å². The third-order valence-corrected chi connectivity index (χ3v) is 3.34. The van der Waals surface area contributed by atoms with Crippen molar-refractivity contribution in [2.24, 2.45) is 5.73 Å². The molecular weight excluding hydrogens is 226 g/mol. The van der Waals surface area contributed by atoms with Crippen molar-refractivity contribution >= 4 is 0 Å². The Hall–Kier alpha value is -1.06. The molecular formula is C15H25NO2. The molecule has 1 aromatic carbocycles. The van der Waals surface area contributed by atoms with Crippen LogP contribution in [0.25, 0.3) is 0 Å². The van der Waals surface area contributed by atoms with Crippen LogP contribution in [-0.2, 0) is 5.41 Å². The maximum atomic E-state index is 9.41. The molecule has 102 valence electrons. The summed E-state index contributed by atoms with van der Waals surface area (Å²) in [6.45, 7) is 9.02. The van der Waals surface area contributed by atoms with Crippen molar-refractivity contribution in [2.75, 3.05) is 20.3 Å². The number of aryl methyl sites for hydroxylation is 1. The van der Waals surface area contributed by atoms with Gasteiger partial charge in [0.25, 0.3) is 0 Å². The molecule has 1 atom stereocenters. The highest BCUT2D eigenvalue weighted by molar-refractivity contribution is 5.47. The largest absolute Gasteiger partial charge is 0.496 e. The van der Waals surface area contributed by atoms with Gasteiger partial charge in [0.15, 0.2) is 0 Å². The highest BCUT2D eigenvalue weighted by Gasteiger charge is 2.22. The standard InChI is InChI=1S/C15H25NO2/c1-10-6-14(18-5)13(15(2,3)4)7-12(10)11(8-16)9-17/h6-7,11,17H,8-9,16H2,1-5H3. The number of nitrogens with two attached hydrogens (primary N) is 1. The van der Waals surface area contributed by atoms with Gasteiger partial charge >= 0.3 is 0 Å².